The van der Waals surface area contributed by atoms with E-state index in [9.17, 15) is 20.2 Å². The second-order valence-corrected chi connectivity index (χ2v) is 5.91. The molecule has 0 radical (unpaired) electrons. The highest BCUT2D eigenvalue weighted by Gasteiger charge is 2.44. The van der Waals surface area contributed by atoms with Crippen molar-refractivity contribution in [1.29, 1.82) is 0 Å². The largest absolute Gasteiger partial charge is 0.490 e. The van der Waals surface area contributed by atoms with Crippen molar-refractivity contribution in [2.75, 3.05) is 12.0 Å². The first kappa shape index (κ1) is 17.0. The number of ether oxygens (including phenoxy) is 2. The normalized spacial score (nSPS) is 25.5. The fourth-order valence-electron chi connectivity index (χ4n) is 2.90. The van der Waals surface area contributed by atoms with E-state index < -0.39 is 22.1 Å². The molecule has 2 aromatic rings. The summed E-state index contributed by atoms with van der Waals surface area (Å²) in [6, 6.07) is 5.44. The van der Waals surface area contributed by atoms with Crippen LogP contribution in [0.5, 0.6) is 0 Å². The summed E-state index contributed by atoms with van der Waals surface area (Å²) in [5.74, 6) is -0.487. The van der Waals surface area contributed by atoms with Gasteiger partial charge >= 0.3 is 5.95 Å². The summed E-state index contributed by atoms with van der Waals surface area (Å²) >= 11 is 0. The number of fused-ring (bicyclic) bond motifs is 2. The lowest BCUT2D eigenvalue weighted by Gasteiger charge is -2.26. The average molecular weight is 375 g/mol. The molecule has 2 saturated heterocycles. The summed E-state index contributed by atoms with van der Waals surface area (Å²) in [6.45, 7) is 0.305. The van der Waals surface area contributed by atoms with Crippen LogP contribution in [0.15, 0.2) is 35.7 Å². The Morgan fingerprint density at radius 2 is 2.00 bits per heavy atom. The van der Waals surface area contributed by atoms with Gasteiger partial charge in [0.15, 0.2) is 6.29 Å². The van der Waals surface area contributed by atoms with Gasteiger partial charge in [0.05, 0.1) is 22.9 Å². The molecular formula is C14H13N7O6. The molecule has 13 heteroatoms. The zero-order valence-electron chi connectivity index (χ0n) is 13.7. The molecule has 0 saturated carbocycles. The molecule has 4 rings (SSSR count). The Morgan fingerprint density at radius 3 is 2.67 bits per heavy atom. The molecule has 0 aliphatic carbocycles. The Balaban J connectivity index is 1.51. The number of hydrogen-bond acceptors (Lipinski definition) is 10. The molecule has 0 amide bonds. The third kappa shape index (κ3) is 3.32. The first-order valence-corrected chi connectivity index (χ1v) is 7.91. The van der Waals surface area contributed by atoms with Gasteiger partial charge in [-0.05, 0) is 17.1 Å². The van der Waals surface area contributed by atoms with Crippen molar-refractivity contribution in [1.82, 2.24) is 14.8 Å². The second kappa shape index (κ2) is 6.69. The number of benzene rings is 1. The number of rotatable bonds is 5. The molecule has 3 atom stereocenters. The lowest BCUT2D eigenvalue weighted by Crippen LogP contribution is -2.37. The Kier molecular flexibility index (Phi) is 4.21. The molecule has 1 aromatic carbocycles. The van der Waals surface area contributed by atoms with Crippen LogP contribution in [0.25, 0.3) is 0 Å². The summed E-state index contributed by atoms with van der Waals surface area (Å²) in [4.78, 5) is 24.0. The Bertz CT molecular complexity index is 911. The van der Waals surface area contributed by atoms with Crippen molar-refractivity contribution in [3.63, 3.8) is 0 Å². The van der Waals surface area contributed by atoms with E-state index in [2.05, 4.69) is 20.6 Å². The Morgan fingerprint density at radius 1 is 1.22 bits per heavy atom. The quantitative estimate of drug-likeness (QED) is 0.599. The number of hydrogen-bond donors (Lipinski definition) is 1. The molecule has 0 spiro atoms. The van der Waals surface area contributed by atoms with Crippen LogP contribution >= 0.6 is 0 Å². The van der Waals surface area contributed by atoms with Crippen LogP contribution in [0.2, 0.25) is 0 Å². The number of nitro groups is 2. The third-order valence-corrected chi connectivity index (χ3v) is 4.24. The van der Waals surface area contributed by atoms with Crippen molar-refractivity contribution in [3.8, 4) is 0 Å². The molecule has 1 aromatic heterocycles. The van der Waals surface area contributed by atoms with Gasteiger partial charge in [0.25, 0.3) is 5.69 Å². The number of non-ortho nitro benzene ring substituents is 1. The first-order chi connectivity index (χ1) is 13.0. The van der Waals surface area contributed by atoms with Gasteiger partial charge in [0.2, 0.25) is 6.33 Å². The maximum Gasteiger partial charge on any atom is 0.490 e. The van der Waals surface area contributed by atoms with E-state index in [4.69, 9.17) is 9.47 Å². The topological polar surface area (TPSA) is 160 Å². The maximum atomic E-state index is 10.8. The van der Waals surface area contributed by atoms with E-state index in [1.807, 2.05) is 0 Å². The third-order valence-electron chi connectivity index (χ3n) is 4.24. The van der Waals surface area contributed by atoms with E-state index >= 15 is 0 Å². The van der Waals surface area contributed by atoms with Crippen LogP contribution in [0.1, 0.15) is 12.5 Å². The molecular weight excluding hydrogens is 362 g/mol. The van der Waals surface area contributed by atoms with E-state index in [1.165, 1.54) is 35.3 Å². The van der Waals surface area contributed by atoms with Gasteiger partial charge in [0.1, 0.15) is 12.1 Å². The fraction of sp³-hybridized carbons (Fsp3) is 0.357. The van der Waals surface area contributed by atoms with E-state index in [1.54, 1.807) is 0 Å². The van der Waals surface area contributed by atoms with E-state index in [-0.39, 0.29) is 17.8 Å². The number of hydrazone groups is 1. The van der Waals surface area contributed by atoms with Crippen LogP contribution < -0.4 is 5.43 Å². The van der Waals surface area contributed by atoms with Gasteiger partial charge in [-0.2, -0.15) is 9.78 Å². The predicted octanol–water partition coefficient (Wildman–Crippen LogP) is 1.25. The molecule has 3 heterocycles. The van der Waals surface area contributed by atoms with Crippen LogP contribution in [-0.2, 0) is 9.47 Å². The van der Waals surface area contributed by atoms with Gasteiger partial charge in [-0.15, -0.1) is 0 Å². The van der Waals surface area contributed by atoms with Crippen LogP contribution in [0.3, 0.4) is 0 Å². The molecule has 13 nitrogen and oxygen atoms in total. The first-order valence-electron chi connectivity index (χ1n) is 7.91. The molecule has 2 bridgehead atoms. The van der Waals surface area contributed by atoms with Crippen LogP contribution in [0, 0.1) is 20.2 Å². The number of nitrogens with zero attached hydrogens (tertiary/aromatic N) is 6. The minimum absolute atomic E-state index is 0.0241. The number of aromatic nitrogens is 3. The second-order valence-electron chi connectivity index (χ2n) is 5.91. The molecule has 1 N–H and O–H groups in total. The average Bonchev–Trinajstić information content (AvgIpc) is 3.30. The monoisotopic (exact) mass is 375 g/mol. The highest BCUT2D eigenvalue weighted by atomic mass is 16.7. The Hall–Kier alpha value is -3.45. The minimum atomic E-state index is -0.667. The SMILES string of the molecule is O=[N+]([O-])c1ccc(N/N=C2\C[C@@H](n3cnc([N+](=O)[O-])n3)[C@H]3CO[C@@H]2O3)cc1. The summed E-state index contributed by atoms with van der Waals surface area (Å²) < 4.78 is 12.7. The molecule has 2 fully saturated rings. The fourth-order valence-corrected chi connectivity index (χ4v) is 2.90. The number of anilines is 1. The summed E-state index contributed by atoms with van der Waals surface area (Å²) in [6.07, 6.45) is 0.757. The lowest BCUT2D eigenvalue weighted by molar-refractivity contribution is -0.394. The molecule has 140 valence electrons. The lowest BCUT2D eigenvalue weighted by atomic mass is 10.0. The number of nitro benzene ring substituents is 1. The van der Waals surface area contributed by atoms with Crippen LogP contribution in [-0.4, -0.2) is 49.3 Å². The van der Waals surface area contributed by atoms with Crippen LogP contribution in [0.4, 0.5) is 17.3 Å². The van der Waals surface area contributed by atoms with Crippen molar-refractivity contribution in [2.45, 2.75) is 24.9 Å². The molecule has 27 heavy (non-hydrogen) atoms. The zero-order chi connectivity index (χ0) is 19.0. The smallest absolute Gasteiger partial charge is 0.390 e. The molecule has 2 aliphatic rings. The maximum absolute atomic E-state index is 10.8. The highest BCUT2D eigenvalue weighted by Crippen LogP contribution is 2.33. The van der Waals surface area contributed by atoms with Gasteiger partial charge < -0.3 is 19.6 Å². The highest BCUT2D eigenvalue weighted by molar-refractivity contribution is 5.89. The van der Waals surface area contributed by atoms with E-state index in [0.717, 1.165) is 0 Å². The Labute approximate surface area is 150 Å². The van der Waals surface area contributed by atoms with Crippen molar-refractivity contribution < 1.29 is 19.3 Å². The predicted molar refractivity (Wildman–Crippen MR) is 89.1 cm³/mol. The van der Waals surface area contributed by atoms with Gasteiger partial charge in [-0.1, -0.05) is 4.98 Å². The summed E-state index contributed by atoms with van der Waals surface area (Å²) in [5, 5.41) is 29.6. The summed E-state index contributed by atoms with van der Waals surface area (Å²) in [5.41, 5.74) is 3.89. The van der Waals surface area contributed by atoms with E-state index in [0.29, 0.717) is 24.4 Å². The minimum Gasteiger partial charge on any atom is -0.390 e. The number of nitrogens with one attached hydrogen (secondary N) is 1. The molecule has 0 unspecified atom stereocenters. The van der Waals surface area contributed by atoms with Crippen molar-refractivity contribution in [3.05, 3.63) is 50.8 Å². The molecule has 2 aliphatic heterocycles. The van der Waals surface area contributed by atoms with Crippen molar-refractivity contribution >= 4 is 23.0 Å². The summed E-state index contributed by atoms with van der Waals surface area (Å²) in [7, 11) is 0. The standard InChI is InChI=1S/C14H13N7O6/c22-20(23)9-3-1-8(2-4-9)16-17-10-5-11(12-6-26-13(10)27-12)19-7-15-14(18-19)21(24)25/h1-4,7,11-13,16H,5-6H2/b17-10+/t11-,12-,13-/m1/s1. The van der Waals surface area contributed by atoms with Gasteiger partial charge in [-0.25, -0.2) is 0 Å². The van der Waals surface area contributed by atoms with Crippen molar-refractivity contribution in [2.24, 2.45) is 5.10 Å². The zero-order valence-corrected chi connectivity index (χ0v) is 13.7. The van der Waals surface area contributed by atoms with Gasteiger partial charge in [-0.3, -0.25) is 15.5 Å². The van der Waals surface area contributed by atoms with Gasteiger partial charge in [0, 0.05) is 23.7 Å².